The smallest absolute Gasteiger partial charge is 0.253 e. The van der Waals surface area contributed by atoms with E-state index >= 15 is 0 Å². The Labute approximate surface area is 203 Å². The van der Waals surface area contributed by atoms with Crippen LogP contribution in [-0.2, 0) is 14.8 Å². The highest BCUT2D eigenvalue weighted by atomic mass is 79.9. The summed E-state index contributed by atoms with van der Waals surface area (Å²) in [5.74, 6) is -0.139. The van der Waals surface area contributed by atoms with E-state index in [0.29, 0.717) is 49.4 Å². The maximum absolute atomic E-state index is 13.1. The van der Waals surface area contributed by atoms with Crippen LogP contribution in [0.3, 0.4) is 0 Å². The van der Waals surface area contributed by atoms with Crippen LogP contribution in [0.25, 0.3) is 6.08 Å². The number of rotatable bonds is 6. The number of ether oxygens (including phenoxy) is 1. The van der Waals surface area contributed by atoms with Gasteiger partial charge in [-0.05, 0) is 39.7 Å². The van der Waals surface area contributed by atoms with Gasteiger partial charge in [0.15, 0.2) is 0 Å². The fourth-order valence-corrected chi connectivity index (χ4v) is 6.34. The third-order valence-corrected chi connectivity index (χ3v) is 8.79. The van der Waals surface area contributed by atoms with Gasteiger partial charge < -0.3 is 9.64 Å². The molecule has 2 aromatic carbocycles. The van der Waals surface area contributed by atoms with E-state index < -0.39 is 10.0 Å². The summed E-state index contributed by atoms with van der Waals surface area (Å²) in [7, 11) is -3.70. The molecule has 0 radical (unpaired) electrons. The first kappa shape index (κ1) is 24.1. The summed E-state index contributed by atoms with van der Waals surface area (Å²) in [4.78, 5) is 17.3. The van der Waals surface area contributed by atoms with Crippen LogP contribution in [0.5, 0.6) is 0 Å². The molecular formula is C24H28BrN3O4S. The molecule has 0 atom stereocenters. The molecule has 0 aliphatic carbocycles. The molecule has 2 aliphatic rings. The second-order valence-electron chi connectivity index (χ2n) is 8.07. The van der Waals surface area contributed by atoms with Crippen LogP contribution in [0.15, 0.2) is 64.0 Å². The van der Waals surface area contributed by atoms with Gasteiger partial charge in [0.2, 0.25) is 10.0 Å². The Morgan fingerprint density at radius 2 is 1.67 bits per heavy atom. The van der Waals surface area contributed by atoms with Crippen molar-refractivity contribution in [3.63, 3.8) is 0 Å². The normalized spacial score (nSPS) is 18.6. The number of hydrogen-bond acceptors (Lipinski definition) is 5. The van der Waals surface area contributed by atoms with Crippen molar-refractivity contribution >= 4 is 37.9 Å². The fourth-order valence-electron chi connectivity index (χ4n) is 3.98. The lowest BCUT2D eigenvalue weighted by atomic mass is 10.1. The van der Waals surface area contributed by atoms with Gasteiger partial charge in [0.1, 0.15) is 0 Å². The maximum atomic E-state index is 13.1. The summed E-state index contributed by atoms with van der Waals surface area (Å²) >= 11 is 3.35. The number of carbonyl (C=O) groups excluding carboxylic acids is 1. The van der Waals surface area contributed by atoms with Gasteiger partial charge in [0, 0.05) is 55.8 Å². The molecule has 0 unspecified atom stereocenters. The minimum absolute atomic E-state index is 0.125. The molecule has 2 heterocycles. The molecule has 7 nitrogen and oxygen atoms in total. The molecule has 33 heavy (non-hydrogen) atoms. The molecule has 9 heteroatoms. The Morgan fingerprint density at radius 1 is 0.970 bits per heavy atom. The van der Waals surface area contributed by atoms with E-state index in [-0.39, 0.29) is 10.8 Å². The molecule has 0 N–H and O–H groups in total. The zero-order valence-electron chi connectivity index (χ0n) is 18.4. The molecule has 176 valence electrons. The molecule has 2 fully saturated rings. The second kappa shape index (κ2) is 10.9. The predicted molar refractivity (Wildman–Crippen MR) is 132 cm³/mol. The topological polar surface area (TPSA) is 70.2 Å². The van der Waals surface area contributed by atoms with E-state index in [2.05, 4.69) is 45.1 Å². The monoisotopic (exact) mass is 533 g/mol. The zero-order chi connectivity index (χ0) is 23.3. The lowest BCUT2D eigenvalue weighted by molar-refractivity contribution is 0.0650. The number of piperazine rings is 1. The summed E-state index contributed by atoms with van der Waals surface area (Å²) in [5, 5.41) is 0. The van der Waals surface area contributed by atoms with E-state index in [1.165, 1.54) is 15.9 Å². The van der Waals surface area contributed by atoms with Crippen LogP contribution in [-0.4, -0.2) is 87.5 Å². The van der Waals surface area contributed by atoms with Crippen molar-refractivity contribution < 1.29 is 17.9 Å². The summed E-state index contributed by atoms with van der Waals surface area (Å²) in [5.41, 5.74) is 1.56. The Morgan fingerprint density at radius 3 is 2.36 bits per heavy atom. The van der Waals surface area contributed by atoms with Gasteiger partial charge in [0.25, 0.3) is 5.91 Å². The summed E-state index contributed by atoms with van der Waals surface area (Å²) < 4.78 is 33.4. The first-order valence-corrected chi connectivity index (χ1v) is 13.3. The van der Waals surface area contributed by atoms with Crippen molar-refractivity contribution in [1.82, 2.24) is 14.1 Å². The highest BCUT2D eigenvalue weighted by molar-refractivity contribution is 9.10. The standard InChI is InChI=1S/C24H28BrN3O4S/c25-22-9-8-21(19-23(22)33(30,31)28-15-17-32-18-16-28)24(29)27-13-11-26(12-14-27)10-4-7-20-5-2-1-3-6-20/h1-9,19H,10-18H2. The first-order chi connectivity index (χ1) is 15.9. The van der Waals surface area contributed by atoms with Crippen molar-refractivity contribution in [3.05, 3.63) is 70.2 Å². The minimum atomic E-state index is -3.70. The molecule has 0 aromatic heterocycles. The van der Waals surface area contributed by atoms with Gasteiger partial charge in [-0.2, -0.15) is 4.31 Å². The lowest BCUT2D eigenvalue weighted by Crippen LogP contribution is -2.48. The Kier molecular flexibility index (Phi) is 7.98. The van der Waals surface area contributed by atoms with Crippen molar-refractivity contribution in [1.29, 1.82) is 0 Å². The molecule has 2 aromatic rings. The van der Waals surface area contributed by atoms with Crippen LogP contribution in [0.1, 0.15) is 15.9 Å². The second-order valence-corrected chi connectivity index (χ2v) is 10.8. The molecule has 0 saturated carbocycles. The van der Waals surface area contributed by atoms with Crippen LogP contribution in [0, 0.1) is 0 Å². The number of hydrogen-bond donors (Lipinski definition) is 0. The molecule has 0 bridgehead atoms. The van der Waals surface area contributed by atoms with Gasteiger partial charge in [-0.1, -0.05) is 42.5 Å². The number of nitrogens with zero attached hydrogens (tertiary/aromatic N) is 3. The molecule has 2 saturated heterocycles. The molecule has 0 spiro atoms. The Bertz CT molecular complexity index is 1090. The molecule has 1 amide bonds. The molecule has 4 rings (SSSR count). The highest BCUT2D eigenvalue weighted by Crippen LogP contribution is 2.27. The maximum Gasteiger partial charge on any atom is 0.253 e. The first-order valence-electron chi connectivity index (χ1n) is 11.1. The van der Waals surface area contributed by atoms with Gasteiger partial charge in [-0.3, -0.25) is 9.69 Å². The number of halogens is 1. The third kappa shape index (κ3) is 5.91. The third-order valence-electron chi connectivity index (χ3n) is 5.90. The number of carbonyl (C=O) groups is 1. The Hall–Kier alpha value is -2.04. The summed E-state index contributed by atoms with van der Waals surface area (Å²) in [6.07, 6.45) is 4.25. The average Bonchev–Trinajstić information content (AvgIpc) is 2.85. The van der Waals surface area contributed by atoms with E-state index in [9.17, 15) is 13.2 Å². The lowest BCUT2D eigenvalue weighted by Gasteiger charge is -2.34. The average molecular weight is 534 g/mol. The van der Waals surface area contributed by atoms with Gasteiger partial charge in [0.05, 0.1) is 18.1 Å². The van der Waals surface area contributed by atoms with E-state index in [0.717, 1.165) is 19.6 Å². The van der Waals surface area contributed by atoms with Crippen LogP contribution in [0.4, 0.5) is 0 Å². The quantitative estimate of drug-likeness (QED) is 0.570. The van der Waals surface area contributed by atoms with Crippen LogP contribution in [0.2, 0.25) is 0 Å². The van der Waals surface area contributed by atoms with E-state index in [4.69, 9.17) is 4.74 Å². The predicted octanol–water partition coefficient (Wildman–Crippen LogP) is 2.94. The molecular weight excluding hydrogens is 506 g/mol. The van der Waals surface area contributed by atoms with E-state index in [1.807, 2.05) is 18.2 Å². The number of sulfonamides is 1. The largest absolute Gasteiger partial charge is 0.379 e. The van der Waals surface area contributed by atoms with Crippen LogP contribution >= 0.6 is 15.9 Å². The van der Waals surface area contributed by atoms with Crippen LogP contribution < -0.4 is 0 Å². The van der Waals surface area contributed by atoms with Gasteiger partial charge in [-0.25, -0.2) is 8.42 Å². The van der Waals surface area contributed by atoms with Crippen molar-refractivity contribution in [2.24, 2.45) is 0 Å². The SMILES string of the molecule is O=C(c1ccc(Br)c(S(=O)(=O)N2CCOCC2)c1)N1CCN(CC=Cc2ccccc2)CC1. The highest BCUT2D eigenvalue weighted by Gasteiger charge is 2.30. The van der Waals surface area contributed by atoms with Crippen molar-refractivity contribution in [2.75, 3.05) is 59.0 Å². The molecule has 2 aliphatic heterocycles. The number of morpholine rings is 1. The summed E-state index contributed by atoms with van der Waals surface area (Å²) in [6, 6.07) is 15.0. The van der Waals surface area contributed by atoms with Gasteiger partial charge >= 0.3 is 0 Å². The van der Waals surface area contributed by atoms with E-state index in [1.54, 1.807) is 17.0 Å². The fraction of sp³-hybridized carbons (Fsp3) is 0.375. The minimum Gasteiger partial charge on any atom is -0.379 e. The van der Waals surface area contributed by atoms with Gasteiger partial charge in [-0.15, -0.1) is 0 Å². The number of amides is 1. The Balaban J connectivity index is 1.38. The van der Waals surface area contributed by atoms with Crippen molar-refractivity contribution in [2.45, 2.75) is 4.90 Å². The summed E-state index contributed by atoms with van der Waals surface area (Å²) in [6.45, 7) is 4.98. The zero-order valence-corrected chi connectivity index (χ0v) is 20.8. The van der Waals surface area contributed by atoms with Crippen molar-refractivity contribution in [3.8, 4) is 0 Å². The number of benzene rings is 2.